The van der Waals surface area contributed by atoms with Crippen molar-refractivity contribution in [3.63, 3.8) is 0 Å². The van der Waals surface area contributed by atoms with Crippen LogP contribution in [0.5, 0.6) is 0 Å². The van der Waals surface area contributed by atoms with Crippen molar-refractivity contribution in [2.75, 3.05) is 19.8 Å². The first-order valence-electron chi connectivity index (χ1n) is 5.67. The maximum absolute atomic E-state index is 5.42. The Morgan fingerprint density at radius 3 is 3.07 bits per heavy atom. The first-order chi connectivity index (χ1) is 7.31. The molecular weight excluding hydrogens is 190 g/mol. The second kappa shape index (κ2) is 4.77. The van der Waals surface area contributed by atoms with Crippen molar-refractivity contribution < 1.29 is 4.74 Å². The summed E-state index contributed by atoms with van der Waals surface area (Å²) in [4.78, 5) is 7.97. The lowest BCUT2D eigenvalue weighted by molar-refractivity contribution is 0.0744. The number of aromatic nitrogens is 2. The van der Waals surface area contributed by atoms with E-state index < -0.39 is 0 Å². The summed E-state index contributed by atoms with van der Waals surface area (Å²) in [6.07, 6.45) is 2.19. The largest absolute Gasteiger partial charge is 0.378 e. The van der Waals surface area contributed by atoms with Crippen LogP contribution in [0.2, 0.25) is 0 Å². The molecule has 0 amide bonds. The summed E-state index contributed by atoms with van der Waals surface area (Å²) in [7, 11) is 0. The van der Waals surface area contributed by atoms with Crippen LogP contribution in [0, 0.1) is 6.92 Å². The normalized spacial score (nSPS) is 21.9. The SMILES string of the molecule is CCCc1nc(C2COCCN2)[nH]c1C. The smallest absolute Gasteiger partial charge is 0.126 e. The van der Waals surface area contributed by atoms with Gasteiger partial charge in [0.15, 0.2) is 0 Å². The molecule has 1 atom stereocenters. The summed E-state index contributed by atoms with van der Waals surface area (Å²) in [5.41, 5.74) is 2.39. The fourth-order valence-corrected chi connectivity index (χ4v) is 1.91. The van der Waals surface area contributed by atoms with Gasteiger partial charge >= 0.3 is 0 Å². The van der Waals surface area contributed by atoms with E-state index in [-0.39, 0.29) is 6.04 Å². The van der Waals surface area contributed by atoms with Crippen molar-refractivity contribution in [3.8, 4) is 0 Å². The van der Waals surface area contributed by atoms with E-state index in [1.165, 1.54) is 11.4 Å². The zero-order valence-corrected chi connectivity index (χ0v) is 9.47. The minimum atomic E-state index is 0.239. The first kappa shape index (κ1) is 10.6. The Morgan fingerprint density at radius 1 is 1.53 bits per heavy atom. The number of hydrogen-bond donors (Lipinski definition) is 2. The highest BCUT2D eigenvalue weighted by Gasteiger charge is 2.19. The molecule has 1 aromatic rings. The third-order valence-corrected chi connectivity index (χ3v) is 2.74. The van der Waals surface area contributed by atoms with Gasteiger partial charge in [0.05, 0.1) is 24.9 Å². The Kier molecular flexibility index (Phi) is 3.38. The number of aryl methyl sites for hydroxylation is 2. The molecule has 1 saturated heterocycles. The number of nitrogens with zero attached hydrogens (tertiary/aromatic N) is 1. The highest BCUT2D eigenvalue weighted by Crippen LogP contribution is 2.15. The molecule has 0 aliphatic carbocycles. The minimum absolute atomic E-state index is 0.239. The molecule has 0 saturated carbocycles. The summed E-state index contributed by atoms with van der Waals surface area (Å²) in [5.74, 6) is 1.02. The van der Waals surface area contributed by atoms with Gasteiger partial charge in [-0.05, 0) is 13.3 Å². The Morgan fingerprint density at radius 2 is 2.40 bits per heavy atom. The van der Waals surface area contributed by atoms with Gasteiger partial charge in [-0.25, -0.2) is 4.98 Å². The monoisotopic (exact) mass is 209 g/mol. The second-order valence-electron chi connectivity index (χ2n) is 4.03. The molecule has 4 heteroatoms. The van der Waals surface area contributed by atoms with E-state index in [2.05, 4.69) is 29.1 Å². The van der Waals surface area contributed by atoms with E-state index in [9.17, 15) is 0 Å². The topological polar surface area (TPSA) is 49.9 Å². The molecular formula is C11H19N3O. The summed E-state index contributed by atoms with van der Waals surface area (Å²) in [6, 6.07) is 0.239. The molecule has 1 aliphatic rings. The van der Waals surface area contributed by atoms with Crippen molar-refractivity contribution >= 4 is 0 Å². The number of nitrogens with one attached hydrogen (secondary N) is 2. The van der Waals surface area contributed by atoms with Crippen LogP contribution in [-0.2, 0) is 11.2 Å². The second-order valence-corrected chi connectivity index (χ2v) is 4.03. The van der Waals surface area contributed by atoms with Crippen LogP contribution in [0.1, 0.15) is 36.6 Å². The van der Waals surface area contributed by atoms with Crippen molar-refractivity contribution in [1.29, 1.82) is 0 Å². The Balaban J connectivity index is 2.10. The third-order valence-electron chi connectivity index (χ3n) is 2.74. The van der Waals surface area contributed by atoms with Crippen molar-refractivity contribution in [1.82, 2.24) is 15.3 Å². The van der Waals surface area contributed by atoms with Crippen molar-refractivity contribution in [2.24, 2.45) is 0 Å². The summed E-state index contributed by atoms with van der Waals surface area (Å²) in [5, 5.41) is 3.40. The Hall–Kier alpha value is -0.870. The quantitative estimate of drug-likeness (QED) is 0.789. The summed E-state index contributed by atoms with van der Waals surface area (Å²) in [6.45, 7) is 6.70. The first-order valence-corrected chi connectivity index (χ1v) is 5.67. The molecule has 1 aliphatic heterocycles. The van der Waals surface area contributed by atoms with Gasteiger partial charge in [-0.1, -0.05) is 13.3 Å². The fourth-order valence-electron chi connectivity index (χ4n) is 1.91. The number of morpholine rings is 1. The number of ether oxygens (including phenoxy) is 1. The molecule has 4 nitrogen and oxygen atoms in total. The van der Waals surface area contributed by atoms with E-state index in [4.69, 9.17) is 4.74 Å². The molecule has 1 unspecified atom stereocenters. The van der Waals surface area contributed by atoms with E-state index in [0.29, 0.717) is 0 Å². The van der Waals surface area contributed by atoms with E-state index in [0.717, 1.165) is 38.4 Å². The van der Waals surface area contributed by atoms with Gasteiger partial charge in [0.25, 0.3) is 0 Å². The van der Waals surface area contributed by atoms with E-state index in [1.54, 1.807) is 0 Å². The average Bonchev–Trinajstić information content (AvgIpc) is 2.63. The van der Waals surface area contributed by atoms with Crippen LogP contribution < -0.4 is 5.32 Å². The van der Waals surface area contributed by atoms with Crippen LogP contribution >= 0.6 is 0 Å². The maximum Gasteiger partial charge on any atom is 0.126 e. The number of hydrogen-bond acceptors (Lipinski definition) is 3. The molecule has 2 heterocycles. The van der Waals surface area contributed by atoms with Gasteiger partial charge in [0, 0.05) is 12.2 Å². The molecule has 1 fully saturated rings. The van der Waals surface area contributed by atoms with Crippen molar-refractivity contribution in [2.45, 2.75) is 32.7 Å². The number of aromatic amines is 1. The van der Waals surface area contributed by atoms with Crippen LogP contribution in [0.4, 0.5) is 0 Å². The third kappa shape index (κ3) is 2.38. The molecule has 84 valence electrons. The predicted molar refractivity (Wildman–Crippen MR) is 58.9 cm³/mol. The molecule has 2 rings (SSSR count). The lowest BCUT2D eigenvalue weighted by atomic mass is 10.2. The van der Waals surface area contributed by atoms with Crippen LogP contribution in [0.25, 0.3) is 0 Å². The van der Waals surface area contributed by atoms with E-state index in [1.807, 2.05) is 0 Å². The molecule has 1 aromatic heterocycles. The van der Waals surface area contributed by atoms with Gasteiger partial charge in [-0.15, -0.1) is 0 Å². The van der Waals surface area contributed by atoms with Crippen molar-refractivity contribution in [3.05, 3.63) is 17.2 Å². The Bertz CT molecular complexity index is 316. The standard InChI is InChI=1S/C11H19N3O/c1-3-4-9-8(2)13-11(14-9)10-7-15-6-5-12-10/h10,12H,3-7H2,1-2H3,(H,13,14). The summed E-state index contributed by atoms with van der Waals surface area (Å²) >= 11 is 0. The molecule has 15 heavy (non-hydrogen) atoms. The molecule has 0 bridgehead atoms. The van der Waals surface area contributed by atoms with E-state index >= 15 is 0 Å². The highest BCUT2D eigenvalue weighted by molar-refractivity contribution is 5.15. The lowest BCUT2D eigenvalue weighted by Gasteiger charge is -2.21. The van der Waals surface area contributed by atoms with Gasteiger partial charge < -0.3 is 15.0 Å². The Labute approximate surface area is 90.4 Å². The lowest BCUT2D eigenvalue weighted by Crippen LogP contribution is -2.35. The maximum atomic E-state index is 5.42. The minimum Gasteiger partial charge on any atom is -0.378 e. The zero-order valence-electron chi connectivity index (χ0n) is 9.47. The molecule has 0 aromatic carbocycles. The molecule has 0 radical (unpaired) electrons. The summed E-state index contributed by atoms with van der Waals surface area (Å²) < 4.78 is 5.42. The van der Waals surface area contributed by atoms with Gasteiger partial charge in [-0.3, -0.25) is 0 Å². The molecule has 2 N–H and O–H groups in total. The van der Waals surface area contributed by atoms with Gasteiger partial charge in [0.1, 0.15) is 5.82 Å². The predicted octanol–water partition coefficient (Wildman–Crippen LogP) is 1.33. The van der Waals surface area contributed by atoms with Crippen LogP contribution in [-0.4, -0.2) is 29.7 Å². The van der Waals surface area contributed by atoms with Gasteiger partial charge in [-0.2, -0.15) is 0 Å². The number of H-pyrrole nitrogens is 1. The molecule has 0 spiro atoms. The number of rotatable bonds is 3. The van der Waals surface area contributed by atoms with Gasteiger partial charge in [0.2, 0.25) is 0 Å². The average molecular weight is 209 g/mol. The van der Waals surface area contributed by atoms with Crippen LogP contribution in [0.3, 0.4) is 0 Å². The zero-order chi connectivity index (χ0) is 10.7. The van der Waals surface area contributed by atoms with Crippen LogP contribution in [0.15, 0.2) is 0 Å². The number of imidazole rings is 1. The highest BCUT2D eigenvalue weighted by atomic mass is 16.5. The fraction of sp³-hybridized carbons (Fsp3) is 0.727.